The predicted octanol–water partition coefficient (Wildman–Crippen LogP) is 0.947. The zero-order valence-electron chi connectivity index (χ0n) is 12.3. The Morgan fingerprint density at radius 1 is 1.32 bits per heavy atom. The van der Waals surface area contributed by atoms with E-state index < -0.39 is 11.6 Å². The molecule has 2 heterocycles. The maximum atomic E-state index is 14.7. The lowest BCUT2D eigenvalue weighted by Crippen LogP contribution is -2.52. The van der Waals surface area contributed by atoms with Gasteiger partial charge in [-0.2, -0.15) is 0 Å². The molecule has 0 radical (unpaired) electrons. The number of rotatable bonds is 4. The van der Waals surface area contributed by atoms with Crippen molar-refractivity contribution in [1.29, 1.82) is 0 Å². The Morgan fingerprint density at radius 3 is 2.64 bits per heavy atom. The Hall–Kier alpha value is -2.05. The first-order chi connectivity index (χ1) is 10.6. The van der Waals surface area contributed by atoms with E-state index in [-0.39, 0.29) is 37.5 Å². The Kier molecular flexibility index (Phi) is 4.04. The van der Waals surface area contributed by atoms with Crippen LogP contribution in [0.2, 0.25) is 0 Å². The highest BCUT2D eigenvalue weighted by molar-refractivity contribution is 5.92. The lowest BCUT2D eigenvalue weighted by atomic mass is 9.92. The molecule has 0 aromatic carbocycles. The molecule has 1 saturated heterocycles. The summed E-state index contributed by atoms with van der Waals surface area (Å²) in [5, 5.41) is 2.69. The van der Waals surface area contributed by atoms with Crippen LogP contribution >= 0.6 is 0 Å². The van der Waals surface area contributed by atoms with Crippen LogP contribution in [-0.4, -0.2) is 52.0 Å². The number of nitrogens with zero attached hydrogens (tertiary/aromatic N) is 3. The Morgan fingerprint density at radius 2 is 2.05 bits per heavy atom. The van der Waals surface area contributed by atoms with Gasteiger partial charge in [0.25, 0.3) is 11.8 Å². The van der Waals surface area contributed by atoms with E-state index in [1.807, 2.05) is 0 Å². The summed E-state index contributed by atoms with van der Waals surface area (Å²) < 4.78 is 14.7. The number of likely N-dealkylation sites (tertiary alicyclic amines) is 1. The summed E-state index contributed by atoms with van der Waals surface area (Å²) in [5.41, 5.74) is -1.62. The summed E-state index contributed by atoms with van der Waals surface area (Å²) >= 11 is 0. The normalized spacial score (nSPS) is 20.5. The Balaban J connectivity index is 1.54. The monoisotopic (exact) mass is 306 g/mol. The SMILES string of the molecule is O=C(c1cnccn1)N1CCC(F)(C(=O)NCC2CC2)CC1. The molecule has 1 aliphatic heterocycles. The van der Waals surface area contributed by atoms with Gasteiger partial charge in [0.15, 0.2) is 5.67 Å². The van der Waals surface area contributed by atoms with Crippen LogP contribution < -0.4 is 5.32 Å². The molecule has 7 heteroatoms. The second kappa shape index (κ2) is 5.98. The molecule has 1 aromatic heterocycles. The highest BCUT2D eigenvalue weighted by Gasteiger charge is 2.43. The fourth-order valence-corrected chi connectivity index (χ4v) is 2.58. The highest BCUT2D eigenvalue weighted by atomic mass is 19.1. The fraction of sp³-hybridized carbons (Fsp3) is 0.600. The third-order valence-electron chi connectivity index (χ3n) is 4.28. The summed E-state index contributed by atoms with van der Waals surface area (Å²) in [6.07, 6.45) is 6.60. The first-order valence-electron chi connectivity index (χ1n) is 7.61. The van der Waals surface area contributed by atoms with Crippen molar-refractivity contribution in [3.05, 3.63) is 24.3 Å². The molecule has 1 saturated carbocycles. The average Bonchev–Trinajstić information content (AvgIpc) is 3.38. The lowest BCUT2D eigenvalue weighted by molar-refractivity contribution is -0.135. The van der Waals surface area contributed by atoms with E-state index in [0.29, 0.717) is 12.5 Å². The molecule has 0 spiro atoms. The zero-order valence-corrected chi connectivity index (χ0v) is 12.3. The minimum absolute atomic E-state index is 0.0233. The van der Waals surface area contributed by atoms with Gasteiger partial charge >= 0.3 is 0 Å². The number of amides is 2. The minimum atomic E-state index is -1.87. The van der Waals surface area contributed by atoms with Gasteiger partial charge in [-0.05, 0) is 18.8 Å². The third-order valence-corrected chi connectivity index (χ3v) is 4.28. The van der Waals surface area contributed by atoms with Crippen LogP contribution in [0.4, 0.5) is 4.39 Å². The molecule has 118 valence electrons. The van der Waals surface area contributed by atoms with Crippen molar-refractivity contribution >= 4 is 11.8 Å². The molecule has 22 heavy (non-hydrogen) atoms. The van der Waals surface area contributed by atoms with E-state index in [4.69, 9.17) is 0 Å². The van der Waals surface area contributed by atoms with Crippen LogP contribution in [0.5, 0.6) is 0 Å². The molecule has 0 bridgehead atoms. The Bertz CT molecular complexity index is 554. The van der Waals surface area contributed by atoms with Crippen LogP contribution in [0, 0.1) is 5.92 Å². The van der Waals surface area contributed by atoms with Gasteiger partial charge in [-0.1, -0.05) is 0 Å². The van der Waals surface area contributed by atoms with Gasteiger partial charge in [0, 0.05) is 44.9 Å². The highest BCUT2D eigenvalue weighted by Crippen LogP contribution is 2.30. The molecule has 0 unspecified atom stereocenters. The van der Waals surface area contributed by atoms with Crippen LogP contribution in [0.1, 0.15) is 36.2 Å². The van der Waals surface area contributed by atoms with Gasteiger partial charge in [0.05, 0.1) is 6.20 Å². The van der Waals surface area contributed by atoms with E-state index in [1.165, 1.54) is 23.5 Å². The summed E-state index contributed by atoms with van der Waals surface area (Å²) in [6, 6.07) is 0. The molecule has 6 nitrogen and oxygen atoms in total. The van der Waals surface area contributed by atoms with Gasteiger partial charge in [0.2, 0.25) is 0 Å². The Labute approximate surface area is 128 Å². The van der Waals surface area contributed by atoms with Crippen molar-refractivity contribution in [3.63, 3.8) is 0 Å². The lowest BCUT2D eigenvalue weighted by Gasteiger charge is -2.35. The molecule has 1 N–H and O–H groups in total. The van der Waals surface area contributed by atoms with Crippen molar-refractivity contribution in [2.24, 2.45) is 5.92 Å². The first-order valence-corrected chi connectivity index (χ1v) is 7.61. The molecule has 2 amide bonds. The molecular formula is C15H19FN4O2. The number of aromatic nitrogens is 2. The van der Waals surface area contributed by atoms with E-state index >= 15 is 0 Å². The molecule has 0 atom stereocenters. The maximum Gasteiger partial charge on any atom is 0.274 e. The van der Waals surface area contributed by atoms with Crippen molar-refractivity contribution in [3.8, 4) is 0 Å². The second-order valence-corrected chi connectivity index (χ2v) is 6.00. The number of halogens is 1. The number of hydrogen-bond acceptors (Lipinski definition) is 4. The quantitative estimate of drug-likeness (QED) is 0.898. The largest absolute Gasteiger partial charge is 0.353 e. The van der Waals surface area contributed by atoms with Crippen LogP contribution in [-0.2, 0) is 4.79 Å². The average molecular weight is 306 g/mol. The van der Waals surface area contributed by atoms with Gasteiger partial charge < -0.3 is 10.2 Å². The zero-order chi connectivity index (χ0) is 15.6. The van der Waals surface area contributed by atoms with Crippen molar-refractivity contribution in [2.75, 3.05) is 19.6 Å². The number of alkyl halides is 1. The predicted molar refractivity (Wildman–Crippen MR) is 76.7 cm³/mol. The molecule has 3 rings (SSSR count). The van der Waals surface area contributed by atoms with Gasteiger partial charge in [-0.3, -0.25) is 14.6 Å². The molecular weight excluding hydrogens is 287 g/mol. The van der Waals surface area contributed by atoms with Gasteiger partial charge in [-0.25, -0.2) is 9.37 Å². The standard InChI is InChI=1S/C15H19FN4O2/c16-15(14(22)19-9-11-1-2-11)3-7-20(8-4-15)13(21)12-10-17-5-6-18-12/h5-6,10-11H,1-4,7-9H2,(H,19,22). The topological polar surface area (TPSA) is 75.2 Å². The number of carbonyl (C=O) groups excluding carboxylic acids is 2. The summed E-state index contributed by atoms with van der Waals surface area (Å²) in [7, 11) is 0. The minimum Gasteiger partial charge on any atom is -0.353 e. The van der Waals surface area contributed by atoms with Crippen molar-refractivity contribution < 1.29 is 14.0 Å². The van der Waals surface area contributed by atoms with Crippen LogP contribution in [0.3, 0.4) is 0 Å². The van der Waals surface area contributed by atoms with Crippen molar-refractivity contribution in [2.45, 2.75) is 31.4 Å². The van der Waals surface area contributed by atoms with E-state index in [9.17, 15) is 14.0 Å². The second-order valence-electron chi connectivity index (χ2n) is 6.00. The van der Waals surface area contributed by atoms with E-state index in [1.54, 1.807) is 0 Å². The molecule has 1 aliphatic carbocycles. The summed E-state index contributed by atoms with van der Waals surface area (Å²) in [6.45, 7) is 0.984. The smallest absolute Gasteiger partial charge is 0.274 e. The van der Waals surface area contributed by atoms with Crippen molar-refractivity contribution in [1.82, 2.24) is 20.2 Å². The first kappa shape index (κ1) is 14.9. The fourth-order valence-electron chi connectivity index (χ4n) is 2.58. The maximum absolute atomic E-state index is 14.7. The molecule has 2 aliphatic rings. The van der Waals surface area contributed by atoms with E-state index in [2.05, 4.69) is 15.3 Å². The number of carbonyl (C=O) groups is 2. The summed E-state index contributed by atoms with van der Waals surface area (Å²) in [4.78, 5) is 33.5. The van der Waals surface area contributed by atoms with Gasteiger partial charge in [0.1, 0.15) is 5.69 Å². The third kappa shape index (κ3) is 3.23. The van der Waals surface area contributed by atoms with E-state index in [0.717, 1.165) is 12.8 Å². The number of piperidine rings is 1. The summed E-state index contributed by atoms with van der Waals surface area (Å²) in [5.74, 6) is -0.287. The van der Waals surface area contributed by atoms with Gasteiger partial charge in [-0.15, -0.1) is 0 Å². The van der Waals surface area contributed by atoms with Crippen LogP contribution in [0.25, 0.3) is 0 Å². The van der Waals surface area contributed by atoms with Crippen LogP contribution in [0.15, 0.2) is 18.6 Å². The number of hydrogen-bond donors (Lipinski definition) is 1. The molecule has 1 aromatic rings. The molecule has 2 fully saturated rings. The number of nitrogens with one attached hydrogen (secondary N) is 1.